The van der Waals surface area contributed by atoms with Crippen LogP contribution in [0.5, 0.6) is 0 Å². The molecule has 0 aliphatic heterocycles. The minimum absolute atomic E-state index is 0.427. The molecule has 0 aliphatic carbocycles. The number of amides is 1. The molecule has 0 fully saturated rings. The highest BCUT2D eigenvalue weighted by Crippen LogP contribution is 2.32. The molecule has 1 heterocycles. The summed E-state index contributed by atoms with van der Waals surface area (Å²) in [6, 6.07) is 11.6. The Morgan fingerprint density at radius 2 is 1.68 bits per heavy atom. The topological polar surface area (TPSA) is 51.5 Å². The first-order valence-electron chi connectivity index (χ1n) is 8.17. The lowest BCUT2D eigenvalue weighted by atomic mass is 10.1. The van der Waals surface area contributed by atoms with E-state index >= 15 is 0 Å². The lowest BCUT2D eigenvalue weighted by Crippen LogP contribution is -2.27. The van der Waals surface area contributed by atoms with Crippen LogP contribution in [0.1, 0.15) is 26.3 Å². The zero-order chi connectivity index (χ0) is 18.4. The van der Waals surface area contributed by atoms with E-state index in [1.165, 1.54) is 4.90 Å². The van der Waals surface area contributed by atoms with E-state index in [1.54, 1.807) is 11.6 Å². The summed E-state index contributed by atoms with van der Waals surface area (Å²) in [5.74, 6) is 0. The van der Waals surface area contributed by atoms with Crippen LogP contribution >= 0.6 is 0 Å². The van der Waals surface area contributed by atoms with Crippen LogP contribution < -0.4 is 4.90 Å². The summed E-state index contributed by atoms with van der Waals surface area (Å²) >= 11 is 0. The van der Waals surface area contributed by atoms with Crippen molar-refractivity contribution in [2.24, 2.45) is 0 Å². The maximum absolute atomic E-state index is 12.9. The molecule has 0 unspecified atom stereocenters. The van der Waals surface area contributed by atoms with Crippen LogP contribution in [0.2, 0.25) is 0 Å². The van der Waals surface area contributed by atoms with E-state index < -0.39 is 11.7 Å². The number of hydrogen-bond donors (Lipinski definition) is 0. The molecule has 130 valence electrons. The second kappa shape index (κ2) is 5.92. The van der Waals surface area contributed by atoms with E-state index in [2.05, 4.69) is 0 Å². The van der Waals surface area contributed by atoms with Crippen LogP contribution in [-0.4, -0.2) is 29.7 Å². The number of anilines is 1. The molecule has 5 heteroatoms. The van der Waals surface area contributed by atoms with Gasteiger partial charge in [-0.25, -0.2) is 9.36 Å². The zero-order valence-electron chi connectivity index (χ0n) is 15.2. The molecule has 1 amide bonds. The maximum Gasteiger partial charge on any atom is 0.419 e. The van der Waals surface area contributed by atoms with Gasteiger partial charge in [-0.15, -0.1) is 0 Å². The van der Waals surface area contributed by atoms with Crippen LogP contribution in [-0.2, 0) is 9.53 Å². The van der Waals surface area contributed by atoms with E-state index in [-0.39, 0.29) is 0 Å². The van der Waals surface area contributed by atoms with Crippen LogP contribution in [0.25, 0.3) is 21.8 Å². The summed E-state index contributed by atoms with van der Waals surface area (Å²) < 4.78 is 7.19. The first kappa shape index (κ1) is 17.0. The average Bonchev–Trinajstić information content (AvgIpc) is 2.84. The second-order valence-corrected chi connectivity index (χ2v) is 7.25. The highest BCUT2D eigenvalue weighted by Gasteiger charge is 2.22. The Labute approximate surface area is 146 Å². The fourth-order valence-electron chi connectivity index (χ4n) is 2.90. The molecule has 0 saturated carbocycles. The summed E-state index contributed by atoms with van der Waals surface area (Å²) in [5.41, 5.74) is 2.70. The summed E-state index contributed by atoms with van der Waals surface area (Å²) in [6.07, 6.45) is 0.315. The summed E-state index contributed by atoms with van der Waals surface area (Å²) in [6.45, 7) is 7.52. The van der Waals surface area contributed by atoms with E-state index in [4.69, 9.17) is 4.74 Å². The smallest absolute Gasteiger partial charge is 0.419 e. The molecule has 0 bridgehead atoms. The van der Waals surface area contributed by atoms with Gasteiger partial charge < -0.3 is 9.64 Å². The van der Waals surface area contributed by atoms with Gasteiger partial charge in [-0.3, -0.25) is 4.79 Å². The fraction of sp³-hybridized carbons (Fsp3) is 0.300. The number of ether oxygens (including phenoxy) is 1. The Kier molecular flexibility index (Phi) is 4.03. The van der Waals surface area contributed by atoms with E-state index in [1.807, 2.05) is 64.1 Å². The highest BCUT2D eigenvalue weighted by atomic mass is 16.6. The molecule has 0 spiro atoms. The van der Waals surface area contributed by atoms with E-state index in [0.29, 0.717) is 5.69 Å². The minimum atomic E-state index is -0.596. The van der Waals surface area contributed by atoms with Gasteiger partial charge in [-0.1, -0.05) is 18.2 Å². The number of aryl methyl sites for hydroxylation is 1. The van der Waals surface area contributed by atoms with Crippen LogP contribution in [0, 0.1) is 6.92 Å². The van der Waals surface area contributed by atoms with Crippen molar-refractivity contribution in [1.82, 2.24) is 4.57 Å². The van der Waals surface area contributed by atoms with Gasteiger partial charge >= 0.3 is 6.09 Å². The van der Waals surface area contributed by atoms with Crippen molar-refractivity contribution >= 4 is 40.0 Å². The number of benzene rings is 2. The maximum atomic E-state index is 12.9. The molecule has 0 N–H and O–H groups in total. The van der Waals surface area contributed by atoms with Gasteiger partial charge in [0.15, 0.2) is 0 Å². The standard InChI is InChI=1S/C20H22N2O3/c1-13-6-8-15-16-9-7-14(21(5)12-23)11-18(16)22(17(15)10-13)19(24)25-20(2,3)4/h6-12H,1-5H3. The third kappa shape index (κ3) is 3.09. The van der Waals surface area contributed by atoms with Crippen molar-refractivity contribution < 1.29 is 14.3 Å². The SMILES string of the molecule is Cc1ccc2c3ccc(N(C)C=O)cc3n(C(=O)OC(C)(C)C)c2c1. The van der Waals surface area contributed by atoms with Gasteiger partial charge in [-0.2, -0.15) is 0 Å². The molecule has 1 aromatic heterocycles. The van der Waals surface area contributed by atoms with Gasteiger partial charge in [0.25, 0.3) is 0 Å². The molecule has 3 rings (SSSR count). The highest BCUT2D eigenvalue weighted by molar-refractivity contribution is 6.13. The third-order valence-electron chi connectivity index (χ3n) is 4.05. The first-order valence-corrected chi connectivity index (χ1v) is 8.17. The Bertz CT molecular complexity index is 980. The molecule has 0 saturated heterocycles. The molecule has 3 aromatic rings. The van der Waals surface area contributed by atoms with Gasteiger partial charge in [0.1, 0.15) is 5.60 Å². The zero-order valence-corrected chi connectivity index (χ0v) is 15.2. The predicted molar refractivity (Wildman–Crippen MR) is 100 cm³/mol. The largest absolute Gasteiger partial charge is 0.443 e. The number of aromatic nitrogens is 1. The molecule has 5 nitrogen and oxygen atoms in total. The lowest BCUT2D eigenvalue weighted by Gasteiger charge is -2.20. The van der Waals surface area contributed by atoms with Gasteiger partial charge in [-0.05, 0) is 51.5 Å². The average molecular weight is 338 g/mol. The number of carbonyl (C=O) groups is 2. The monoisotopic (exact) mass is 338 g/mol. The van der Waals surface area contributed by atoms with E-state index in [0.717, 1.165) is 33.8 Å². The third-order valence-corrected chi connectivity index (χ3v) is 4.05. The number of carbonyl (C=O) groups excluding carboxylic acids is 2. The van der Waals surface area contributed by atoms with E-state index in [9.17, 15) is 9.59 Å². The van der Waals surface area contributed by atoms with Gasteiger partial charge in [0.05, 0.1) is 11.0 Å². The lowest BCUT2D eigenvalue weighted by molar-refractivity contribution is -0.107. The summed E-state index contributed by atoms with van der Waals surface area (Å²) in [5, 5.41) is 1.93. The van der Waals surface area contributed by atoms with Gasteiger partial charge in [0.2, 0.25) is 6.41 Å². The second-order valence-electron chi connectivity index (χ2n) is 7.25. The molecular weight excluding hydrogens is 316 g/mol. The Hall–Kier alpha value is -2.82. The minimum Gasteiger partial charge on any atom is -0.443 e. The Morgan fingerprint density at radius 3 is 2.28 bits per heavy atom. The molecule has 2 aromatic carbocycles. The normalized spacial score (nSPS) is 11.7. The molecular formula is C20H22N2O3. The van der Waals surface area contributed by atoms with Gasteiger partial charge in [0, 0.05) is 23.5 Å². The van der Waals surface area contributed by atoms with Crippen molar-refractivity contribution in [2.75, 3.05) is 11.9 Å². The molecule has 0 atom stereocenters. The molecule has 0 aliphatic rings. The first-order chi connectivity index (χ1) is 11.7. The summed E-state index contributed by atoms with van der Waals surface area (Å²) in [4.78, 5) is 25.4. The fourth-order valence-corrected chi connectivity index (χ4v) is 2.90. The Balaban J connectivity index is 2.33. The number of nitrogens with zero attached hydrogens (tertiary/aromatic N) is 2. The molecule has 25 heavy (non-hydrogen) atoms. The number of rotatable bonds is 2. The number of fused-ring (bicyclic) bond motifs is 3. The van der Waals surface area contributed by atoms with Crippen LogP contribution in [0.4, 0.5) is 10.5 Å². The number of hydrogen-bond acceptors (Lipinski definition) is 3. The summed E-state index contributed by atoms with van der Waals surface area (Å²) in [7, 11) is 1.68. The van der Waals surface area contributed by atoms with Crippen LogP contribution in [0.3, 0.4) is 0 Å². The molecule has 0 radical (unpaired) electrons. The van der Waals surface area contributed by atoms with Crippen LogP contribution in [0.15, 0.2) is 36.4 Å². The van der Waals surface area contributed by atoms with Crippen molar-refractivity contribution in [2.45, 2.75) is 33.3 Å². The van der Waals surface area contributed by atoms with Crippen molar-refractivity contribution in [1.29, 1.82) is 0 Å². The van der Waals surface area contributed by atoms with Crippen molar-refractivity contribution in [3.05, 3.63) is 42.0 Å². The van der Waals surface area contributed by atoms with Crippen molar-refractivity contribution in [3.63, 3.8) is 0 Å². The quantitative estimate of drug-likeness (QED) is 0.647. The Morgan fingerprint density at radius 1 is 1.08 bits per heavy atom. The van der Waals surface area contributed by atoms with Crippen molar-refractivity contribution in [3.8, 4) is 0 Å². The predicted octanol–water partition coefficient (Wildman–Crippen LogP) is 4.48.